The monoisotopic (exact) mass is 594 g/mol. The molecule has 0 N–H and O–H groups in total. The van der Waals surface area contributed by atoms with Crippen molar-refractivity contribution in [2.24, 2.45) is 0 Å². The quantitative estimate of drug-likeness (QED) is 0.0668. The van der Waals surface area contributed by atoms with Gasteiger partial charge in [0, 0.05) is 14.7 Å². The Labute approximate surface area is 259 Å². The molecule has 1 aromatic rings. The van der Waals surface area contributed by atoms with Gasteiger partial charge in [-0.1, -0.05) is 150 Å². The van der Waals surface area contributed by atoms with Crippen LogP contribution in [0.5, 0.6) is 0 Å². The van der Waals surface area contributed by atoms with Crippen LogP contribution in [-0.4, -0.2) is 17.3 Å². The SMILES string of the molecule is CCCCCCCCCSc1cc(CCC)cc(SCCCCCCCCC)c1SCCCCCCCCC. The molecule has 1 rings (SSSR count). The molecule has 0 amide bonds. The van der Waals surface area contributed by atoms with Gasteiger partial charge >= 0.3 is 0 Å². The smallest absolute Gasteiger partial charge is 0.0344 e. The lowest BCUT2D eigenvalue weighted by Crippen LogP contribution is -1.94. The highest BCUT2D eigenvalue weighted by Gasteiger charge is 2.13. The van der Waals surface area contributed by atoms with Crippen LogP contribution in [0.4, 0.5) is 0 Å². The summed E-state index contributed by atoms with van der Waals surface area (Å²) in [7, 11) is 0. The Hall–Kier alpha value is 0.270. The third kappa shape index (κ3) is 20.7. The molecule has 228 valence electrons. The first kappa shape index (κ1) is 37.3. The molecule has 0 heterocycles. The number of benzene rings is 1. The van der Waals surface area contributed by atoms with Gasteiger partial charge in [0.1, 0.15) is 0 Å². The van der Waals surface area contributed by atoms with Gasteiger partial charge in [-0.15, -0.1) is 35.3 Å². The molecular weight excluding hydrogens is 529 g/mol. The summed E-state index contributed by atoms with van der Waals surface area (Å²) < 4.78 is 0. The van der Waals surface area contributed by atoms with Gasteiger partial charge in [-0.25, -0.2) is 0 Å². The van der Waals surface area contributed by atoms with Crippen molar-refractivity contribution in [1.29, 1.82) is 0 Å². The Morgan fingerprint density at radius 3 is 1.08 bits per heavy atom. The van der Waals surface area contributed by atoms with E-state index < -0.39 is 0 Å². The molecule has 0 aliphatic heterocycles. The molecule has 0 atom stereocenters. The summed E-state index contributed by atoms with van der Waals surface area (Å²) in [6.45, 7) is 9.27. The van der Waals surface area contributed by atoms with E-state index in [-0.39, 0.29) is 0 Å². The van der Waals surface area contributed by atoms with Crippen molar-refractivity contribution in [2.75, 3.05) is 17.3 Å². The number of hydrogen-bond acceptors (Lipinski definition) is 3. The van der Waals surface area contributed by atoms with E-state index in [1.807, 2.05) is 0 Å². The van der Waals surface area contributed by atoms with Gasteiger partial charge < -0.3 is 0 Å². The average molecular weight is 595 g/mol. The predicted molar refractivity (Wildman–Crippen MR) is 187 cm³/mol. The number of aryl methyl sites for hydroxylation is 1. The van der Waals surface area contributed by atoms with E-state index in [4.69, 9.17) is 0 Å². The summed E-state index contributed by atoms with van der Waals surface area (Å²) in [6, 6.07) is 5.14. The van der Waals surface area contributed by atoms with Crippen LogP contribution in [0.2, 0.25) is 0 Å². The third-order valence-corrected chi connectivity index (χ3v) is 11.4. The van der Waals surface area contributed by atoms with Crippen LogP contribution in [0.3, 0.4) is 0 Å². The topological polar surface area (TPSA) is 0 Å². The zero-order valence-electron chi connectivity index (χ0n) is 26.8. The molecule has 3 heteroatoms. The maximum Gasteiger partial charge on any atom is 0.0344 e. The van der Waals surface area contributed by atoms with Gasteiger partial charge in [0.05, 0.1) is 0 Å². The van der Waals surface area contributed by atoms with E-state index in [1.165, 1.54) is 165 Å². The number of unbranched alkanes of at least 4 members (excludes halogenated alkanes) is 18. The van der Waals surface area contributed by atoms with Crippen LogP contribution in [0.1, 0.15) is 175 Å². The standard InChI is InChI=1S/C36H66S3/c1-5-9-12-15-18-21-24-28-37-34-31-33(27-8-4)32-35(38-29-25-22-19-16-13-10-6-2)36(34)39-30-26-23-20-17-14-11-7-3/h31-32H,5-30H2,1-4H3. The Bertz CT molecular complexity index is 616. The molecule has 39 heavy (non-hydrogen) atoms. The largest absolute Gasteiger partial charge is 0.125 e. The second kappa shape index (κ2) is 28.4. The van der Waals surface area contributed by atoms with Crippen molar-refractivity contribution in [3.8, 4) is 0 Å². The van der Waals surface area contributed by atoms with E-state index in [0.29, 0.717) is 0 Å². The molecule has 0 spiro atoms. The van der Waals surface area contributed by atoms with Crippen LogP contribution >= 0.6 is 35.3 Å². The van der Waals surface area contributed by atoms with E-state index >= 15 is 0 Å². The summed E-state index contributed by atoms with van der Waals surface area (Å²) in [5, 5.41) is 0. The van der Waals surface area contributed by atoms with Crippen molar-refractivity contribution in [2.45, 2.75) is 190 Å². The Kier molecular flexibility index (Phi) is 27.2. The van der Waals surface area contributed by atoms with Crippen LogP contribution in [-0.2, 0) is 6.42 Å². The molecule has 0 aliphatic rings. The normalized spacial score (nSPS) is 11.5. The second-order valence-corrected chi connectivity index (χ2v) is 15.0. The first-order valence-electron chi connectivity index (χ1n) is 17.3. The Morgan fingerprint density at radius 2 is 0.718 bits per heavy atom. The molecule has 0 aromatic heterocycles. The van der Waals surface area contributed by atoms with Crippen molar-refractivity contribution < 1.29 is 0 Å². The second-order valence-electron chi connectivity index (χ2n) is 11.6. The molecule has 0 unspecified atom stereocenters. The molecule has 0 radical (unpaired) electrons. The fraction of sp³-hybridized carbons (Fsp3) is 0.833. The van der Waals surface area contributed by atoms with E-state index in [9.17, 15) is 0 Å². The summed E-state index contributed by atoms with van der Waals surface area (Å²) >= 11 is 6.52. The predicted octanol–water partition coefficient (Wildman–Crippen LogP) is 14.2. The van der Waals surface area contributed by atoms with Crippen LogP contribution in [0, 0.1) is 0 Å². The number of hydrogen-bond donors (Lipinski definition) is 0. The maximum absolute atomic E-state index is 2.57. The zero-order valence-corrected chi connectivity index (χ0v) is 29.2. The van der Waals surface area contributed by atoms with Gasteiger partial charge in [0.2, 0.25) is 0 Å². The minimum absolute atomic E-state index is 1.22. The van der Waals surface area contributed by atoms with Gasteiger partial charge in [-0.2, -0.15) is 0 Å². The lowest BCUT2D eigenvalue weighted by molar-refractivity contribution is 0.603. The van der Waals surface area contributed by atoms with Crippen molar-refractivity contribution in [3.05, 3.63) is 17.7 Å². The van der Waals surface area contributed by atoms with E-state index in [2.05, 4.69) is 75.1 Å². The average Bonchev–Trinajstić information content (AvgIpc) is 2.94. The molecule has 0 fully saturated rings. The Morgan fingerprint density at radius 1 is 0.385 bits per heavy atom. The lowest BCUT2D eigenvalue weighted by Gasteiger charge is -2.17. The van der Waals surface area contributed by atoms with Crippen molar-refractivity contribution >= 4 is 35.3 Å². The first-order valence-corrected chi connectivity index (χ1v) is 20.3. The van der Waals surface area contributed by atoms with E-state index in [0.717, 1.165) is 0 Å². The Balaban J connectivity index is 2.71. The number of rotatable bonds is 29. The molecule has 0 saturated heterocycles. The minimum atomic E-state index is 1.22. The third-order valence-electron chi connectivity index (χ3n) is 7.62. The van der Waals surface area contributed by atoms with Crippen LogP contribution in [0.25, 0.3) is 0 Å². The minimum Gasteiger partial charge on any atom is -0.125 e. The molecule has 1 aromatic carbocycles. The summed E-state index contributed by atoms with van der Waals surface area (Å²) in [5.41, 5.74) is 1.57. The lowest BCUT2D eigenvalue weighted by atomic mass is 10.1. The van der Waals surface area contributed by atoms with Gasteiger partial charge in [0.25, 0.3) is 0 Å². The zero-order chi connectivity index (χ0) is 28.2. The molecule has 0 nitrogen and oxygen atoms in total. The summed E-state index contributed by atoms with van der Waals surface area (Å²) in [5.74, 6) is 3.86. The van der Waals surface area contributed by atoms with Crippen molar-refractivity contribution in [1.82, 2.24) is 0 Å². The molecule has 0 saturated carbocycles. The number of thioether (sulfide) groups is 3. The van der Waals surface area contributed by atoms with Gasteiger partial charge in [-0.05, 0) is 60.6 Å². The highest BCUT2D eigenvalue weighted by Crippen LogP contribution is 2.41. The van der Waals surface area contributed by atoms with Gasteiger partial charge in [0.15, 0.2) is 0 Å². The van der Waals surface area contributed by atoms with E-state index in [1.54, 1.807) is 20.2 Å². The van der Waals surface area contributed by atoms with Crippen molar-refractivity contribution in [3.63, 3.8) is 0 Å². The van der Waals surface area contributed by atoms with Crippen LogP contribution in [0.15, 0.2) is 26.8 Å². The summed E-state index contributed by atoms with van der Waals surface area (Å²) in [6.07, 6.45) is 32.0. The molecule has 0 bridgehead atoms. The summed E-state index contributed by atoms with van der Waals surface area (Å²) in [4.78, 5) is 4.82. The van der Waals surface area contributed by atoms with Crippen LogP contribution < -0.4 is 0 Å². The highest BCUT2D eigenvalue weighted by molar-refractivity contribution is 8.03. The molecule has 0 aliphatic carbocycles. The first-order chi connectivity index (χ1) is 19.3. The maximum atomic E-state index is 2.57. The fourth-order valence-electron chi connectivity index (χ4n) is 5.14. The molecular formula is C36H66S3. The highest BCUT2D eigenvalue weighted by atomic mass is 32.2. The van der Waals surface area contributed by atoms with Gasteiger partial charge in [-0.3, -0.25) is 0 Å². The fourth-order valence-corrected chi connectivity index (χ4v) is 8.95.